The SMILES string of the molecule is COc1ccc(NS(=O)(=O)c2c(O)c(F)c(F)c(F)c2F)cc1F. The molecular weight excluding hydrogens is 361 g/mol. The summed E-state index contributed by atoms with van der Waals surface area (Å²) in [4.78, 5) is -1.85. The van der Waals surface area contributed by atoms with Crippen LogP contribution < -0.4 is 9.46 Å². The Bertz CT molecular complexity index is 888. The second-order valence-corrected chi connectivity index (χ2v) is 6.01. The highest BCUT2D eigenvalue weighted by Gasteiger charge is 2.33. The molecule has 0 heterocycles. The van der Waals surface area contributed by atoms with Crippen molar-refractivity contribution in [3.8, 4) is 11.5 Å². The van der Waals surface area contributed by atoms with Crippen molar-refractivity contribution in [1.82, 2.24) is 0 Å². The fourth-order valence-corrected chi connectivity index (χ4v) is 2.99. The van der Waals surface area contributed by atoms with Crippen molar-refractivity contribution in [3.63, 3.8) is 0 Å². The highest BCUT2D eigenvalue weighted by molar-refractivity contribution is 7.92. The van der Waals surface area contributed by atoms with E-state index < -0.39 is 55.4 Å². The van der Waals surface area contributed by atoms with Gasteiger partial charge in [0.1, 0.15) is 0 Å². The van der Waals surface area contributed by atoms with Crippen molar-refractivity contribution in [2.24, 2.45) is 0 Å². The number of anilines is 1. The van der Waals surface area contributed by atoms with E-state index in [-0.39, 0.29) is 5.75 Å². The van der Waals surface area contributed by atoms with Crippen LogP contribution in [0.15, 0.2) is 23.1 Å². The maximum Gasteiger partial charge on any atom is 0.268 e. The average molecular weight is 369 g/mol. The number of phenols is 1. The average Bonchev–Trinajstić information content (AvgIpc) is 2.50. The first kappa shape index (κ1) is 17.8. The Balaban J connectivity index is 2.55. The number of benzene rings is 2. The van der Waals surface area contributed by atoms with Gasteiger partial charge in [-0.05, 0) is 12.1 Å². The van der Waals surface area contributed by atoms with Gasteiger partial charge < -0.3 is 9.84 Å². The highest BCUT2D eigenvalue weighted by Crippen LogP contribution is 2.34. The molecule has 0 spiro atoms. The molecular formula is C13H8F5NO4S. The molecule has 24 heavy (non-hydrogen) atoms. The molecule has 0 saturated heterocycles. The van der Waals surface area contributed by atoms with E-state index >= 15 is 0 Å². The van der Waals surface area contributed by atoms with E-state index in [4.69, 9.17) is 0 Å². The summed E-state index contributed by atoms with van der Waals surface area (Å²) in [5.74, 6) is -12.6. The van der Waals surface area contributed by atoms with Gasteiger partial charge in [0.25, 0.3) is 10.0 Å². The van der Waals surface area contributed by atoms with E-state index in [9.17, 15) is 35.5 Å². The fourth-order valence-electron chi connectivity index (χ4n) is 1.78. The normalized spacial score (nSPS) is 11.4. The van der Waals surface area contributed by atoms with Crippen LogP contribution in [0.25, 0.3) is 0 Å². The van der Waals surface area contributed by atoms with Gasteiger partial charge in [0, 0.05) is 6.07 Å². The molecule has 0 fully saturated rings. The Hall–Kier alpha value is -2.56. The first-order valence-electron chi connectivity index (χ1n) is 6.01. The summed E-state index contributed by atoms with van der Waals surface area (Å²) in [5, 5.41) is 9.30. The van der Waals surface area contributed by atoms with Crippen LogP contribution in [0, 0.1) is 29.1 Å². The van der Waals surface area contributed by atoms with Crippen LogP contribution in [0.3, 0.4) is 0 Å². The number of nitrogens with one attached hydrogen (secondary N) is 1. The summed E-state index contributed by atoms with van der Waals surface area (Å²) >= 11 is 0. The van der Waals surface area contributed by atoms with Crippen molar-refractivity contribution in [2.75, 3.05) is 11.8 Å². The summed E-state index contributed by atoms with van der Waals surface area (Å²) < 4.78 is 96.8. The number of methoxy groups -OCH3 is 1. The minimum absolute atomic E-state index is 0.231. The number of ether oxygens (including phenoxy) is 1. The zero-order valence-corrected chi connectivity index (χ0v) is 12.5. The molecule has 0 amide bonds. The molecule has 0 radical (unpaired) electrons. The molecule has 2 aromatic rings. The molecule has 0 saturated carbocycles. The molecule has 0 atom stereocenters. The first-order valence-corrected chi connectivity index (χ1v) is 7.49. The molecule has 0 aliphatic rings. The van der Waals surface area contributed by atoms with Crippen LogP contribution in [0.1, 0.15) is 0 Å². The third-order valence-electron chi connectivity index (χ3n) is 2.87. The van der Waals surface area contributed by atoms with Crippen LogP contribution >= 0.6 is 0 Å². The Morgan fingerprint density at radius 3 is 2.12 bits per heavy atom. The van der Waals surface area contributed by atoms with Gasteiger partial charge in [-0.1, -0.05) is 0 Å². The van der Waals surface area contributed by atoms with Crippen molar-refractivity contribution >= 4 is 15.7 Å². The summed E-state index contributed by atoms with van der Waals surface area (Å²) in [7, 11) is -3.95. The largest absolute Gasteiger partial charge is 0.504 e. The lowest BCUT2D eigenvalue weighted by molar-refractivity contribution is 0.346. The summed E-state index contributed by atoms with van der Waals surface area (Å²) in [6.07, 6.45) is 0. The van der Waals surface area contributed by atoms with E-state index in [0.717, 1.165) is 19.2 Å². The molecule has 0 unspecified atom stereocenters. The fraction of sp³-hybridized carbons (Fsp3) is 0.0769. The van der Waals surface area contributed by atoms with Crippen LogP contribution in [0.5, 0.6) is 11.5 Å². The third-order valence-corrected chi connectivity index (χ3v) is 4.29. The molecule has 0 aromatic heterocycles. The molecule has 5 nitrogen and oxygen atoms in total. The lowest BCUT2D eigenvalue weighted by Gasteiger charge is -2.12. The van der Waals surface area contributed by atoms with Gasteiger partial charge >= 0.3 is 0 Å². The predicted molar refractivity (Wildman–Crippen MR) is 71.7 cm³/mol. The second-order valence-electron chi connectivity index (χ2n) is 4.39. The number of halogens is 5. The molecule has 11 heteroatoms. The van der Waals surface area contributed by atoms with E-state index in [0.29, 0.717) is 6.07 Å². The number of aromatic hydroxyl groups is 1. The van der Waals surface area contributed by atoms with E-state index in [1.54, 1.807) is 4.72 Å². The van der Waals surface area contributed by atoms with Crippen molar-refractivity contribution in [2.45, 2.75) is 4.90 Å². The molecule has 2 N–H and O–H groups in total. The van der Waals surface area contributed by atoms with E-state index in [2.05, 4.69) is 4.74 Å². The minimum Gasteiger partial charge on any atom is -0.504 e. The Morgan fingerprint density at radius 2 is 1.58 bits per heavy atom. The zero-order chi connectivity index (χ0) is 18.2. The molecule has 2 rings (SSSR count). The van der Waals surface area contributed by atoms with Crippen LogP contribution in [-0.2, 0) is 10.0 Å². The summed E-state index contributed by atoms with van der Waals surface area (Å²) in [6.45, 7) is 0. The predicted octanol–water partition coefficient (Wildman–Crippen LogP) is 2.90. The highest BCUT2D eigenvalue weighted by atomic mass is 32.2. The van der Waals surface area contributed by atoms with E-state index in [1.165, 1.54) is 0 Å². The zero-order valence-electron chi connectivity index (χ0n) is 11.7. The second kappa shape index (κ2) is 6.15. The number of hydrogen-bond donors (Lipinski definition) is 2. The van der Waals surface area contributed by atoms with Crippen molar-refractivity contribution in [3.05, 3.63) is 47.3 Å². The molecule has 0 aliphatic carbocycles. The van der Waals surface area contributed by atoms with Gasteiger partial charge in [-0.2, -0.15) is 4.39 Å². The molecule has 0 aliphatic heterocycles. The Kier molecular flexibility index (Phi) is 4.56. The van der Waals surface area contributed by atoms with Crippen LogP contribution in [0.2, 0.25) is 0 Å². The summed E-state index contributed by atoms with van der Waals surface area (Å²) in [5.41, 5.74) is -0.461. The Morgan fingerprint density at radius 1 is 1.00 bits per heavy atom. The Labute approximate surface area is 132 Å². The maximum atomic E-state index is 13.6. The van der Waals surface area contributed by atoms with Crippen molar-refractivity contribution in [1.29, 1.82) is 0 Å². The van der Waals surface area contributed by atoms with Gasteiger partial charge in [0.2, 0.25) is 11.6 Å². The summed E-state index contributed by atoms with van der Waals surface area (Å²) in [6, 6.07) is 2.67. The minimum atomic E-state index is -5.10. The van der Waals surface area contributed by atoms with Crippen LogP contribution in [0.4, 0.5) is 27.6 Å². The number of sulfonamides is 1. The quantitative estimate of drug-likeness (QED) is 0.494. The first-order chi connectivity index (χ1) is 11.1. The molecule has 2 aromatic carbocycles. The maximum absolute atomic E-state index is 13.6. The number of phenolic OH excluding ortho intramolecular Hbond substituents is 1. The van der Waals surface area contributed by atoms with E-state index in [1.807, 2.05) is 0 Å². The lowest BCUT2D eigenvalue weighted by atomic mass is 10.3. The molecule has 0 bridgehead atoms. The third kappa shape index (κ3) is 2.94. The number of hydrogen-bond acceptors (Lipinski definition) is 4. The van der Waals surface area contributed by atoms with Gasteiger partial charge in [0.05, 0.1) is 12.8 Å². The number of rotatable bonds is 4. The monoisotopic (exact) mass is 369 g/mol. The lowest BCUT2D eigenvalue weighted by Crippen LogP contribution is -2.17. The smallest absolute Gasteiger partial charge is 0.268 e. The van der Waals surface area contributed by atoms with Gasteiger partial charge in [-0.25, -0.2) is 26.0 Å². The van der Waals surface area contributed by atoms with Crippen molar-refractivity contribution < 1.29 is 40.2 Å². The van der Waals surface area contributed by atoms with Gasteiger partial charge in [-0.3, -0.25) is 4.72 Å². The van der Waals surface area contributed by atoms with Gasteiger partial charge in [-0.15, -0.1) is 0 Å². The topological polar surface area (TPSA) is 75.6 Å². The molecule has 130 valence electrons. The van der Waals surface area contributed by atoms with Gasteiger partial charge in [0.15, 0.2) is 33.8 Å². The standard InChI is InChI=1S/C13H8F5NO4S/c1-23-7-3-2-5(4-6(7)14)19-24(21,22)13-11(18)9(16)8(15)10(17)12(13)20/h2-4,19-20H,1H3. The van der Waals surface area contributed by atoms with Crippen LogP contribution in [-0.4, -0.2) is 20.6 Å².